The largest absolute Gasteiger partial charge is 0.341 e. The van der Waals surface area contributed by atoms with Crippen LogP contribution in [0, 0.1) is 11.3 Å². The molecule has 1 aliphatic carbocycles. The molecule has 0 radical (unpaired) electrons. The molecule has 0 aromatic carbocycles. The predicted molar refractivity (Wildman–Crippen MR) is 111 cm³/mol. The lowest BCUT2D eigenvalue weighted by Crippen LogP contribution is -2.49. The number of nitrogens with zero attached hydrogens (tertiary/aromatic N) is 6. The maximum Gasteiger partial charge on any atom is 0.255 e. The predicted octanol–water partition coefficient (Wildman–Crippen LogP) is 2.36. The Kier molecular flexibility index (Phi) is 4.19. The number of rotatable bonds is 3. The molecule has 2 aliphatic rings. The molecule has 0 amide bonds. The molecule has 3 aromatic heterocycles. The Morgan fingerprint density at radius 3 is 2.79 bits per heavy atom. The van der Waals surface area contributed by atoms with Crippen LogP contribution in [0.4, 0.5) is 5.95 Å². The summed E-state index contributed by atoms with van der Waals surface area (Å²) in [6, 6.07) is 7.55. The fourth-order valence-corrected chi connectivity index (χ4v) is 4.61. The van der Waals surface area contributed by atoms with E-state index >= 15 is 0 Å². The second-order valence-electron chi connectivity index (χ2n) is 8.89. The summed E-state index contributed by atoms with van der Waals surface area (Å²) >= 11 is 0. The van der Waals surface area contributed by atoms with Gasteiger partial charge in [-0.1, -0.05) is 19.9 Å². The zero-order valence-corrected chi connectivity index (χ0v) is 16.7. The van der Waals surface area contributed by atoms with Gasteiger partial charge in [0.1, 0.15) is 6.33 Å². The maximum atomic E-state index is 12.9. The monoisotopic (exact) mass is 388 g/mol. The Balaban J connectivity index is 1.51. The summed E-state index contributed by atoms with van der Waals surface area (Å²) in [5.74, 6) is 1.22. The summed E-state index contributed by atoms with van der Waals surface area (Å²) < 4.78 is 1.81. The van der Waals surface area contributed by atoms with Crippen molar-refractivity contribution in [3.63, 3.8) is 0 Å². The van der Waals surface area contributed by atoms with Crippen molar-refractivity contribution in [2.45, 2.75) is 33.2 Å². The van der Waals surface area contributed by atoms with E-state index in [9.17, 15) is 4.79 Å². The van der Waals surface area contributed by atoms with Gasteiger partial charge in [0, 0.05) is 49.2 Å². The summed E-state index contributed by atoms with van der Waals surface area (Å²) in [4.78, 5) is 32.9. The summed E-state index contributed by atoms with van der Waals surface area (Å²) in [6.07, 6.45) is 7.02. The van der Waals surface area contributed by atoms with E-state index in [1.54, 1.807) is 18.3 Å². The summed E-state index contributed by atoms with van der Waals surface area (Å²) in [5, 5.41) is 0. The smallest absolute Gasteiger partial charge is 0.255 e. The number of pyridine rings is 1. The quantitative estimate of drug-likeness (QED) is 0.686. The van der Waals surface area contributed by atoms with Crippen LogP contribution >= 0.6 is 0 Å². The fourth-order valence-electron chi connectivity index (χ4n) is 4.61. The molecule has 0 fully saturated rings. The topological polar surface area (TPSA) is 76.8 Å². The van der Waals surface area contributed by atoms with Gasteiger partial charge in [-0.15, -0.1) is 0 Å². The molecule has 0 spiro atoms. The van der Waals surface area contributed by atoms with E-state index in [4.69, 9.17) is 4.98 Å². The third-order valence-corrected chi connectivity index (χ3v) is 5.77. The van der Waals surface area contributed by atoms with E-state index in [1.807, 2.05) is 16.8 Å². The van der Waals surface area contributed by atoms with Gasteiger partial charge < -0.3 is 4.90 Å². The molecule has 0 N–H and O–H groups in total. The minimum absolute atomic E-state index is 0.00134. The minimum Gasteiger partial charge on any atom is -0.341 e. The van der Waals surface area contributed by atoms with Crippen LogP contribution < -0.4 is 10.5 Å². The Morgan fingerprint density at radius 2 is 2.00 bits per heavy atom. The molecule has 3 aromatic rings. The molecular weight excluding hydrogens is 364 g/mol. The Morgan fingerprint density at radius 1 is 1.10 bits per heavy atom. The van der Waals surface area contributed by atoms with Crippen molar-refractivity contribution < 1.29 is 0 Å². The highest BCUT2D eigenvalue weighted by molar-refractivity contribution is 5.55. The molecule has 0 saturated carbocycles. The van der Waals surface area contributed by atoms with Gasteiger partial charge in [0.05, 0.1) is 11.4 Å². The number of fused-ring (bicyclic) bond motifs is 2. The number of hydrogen-bond acceptors (Lipinski definition) is 6. The molecule has 0 unspecified atom stereocenters. The first kappa shape index (κ1) is 18.0. The van der Waals surface area contributed by atoms with E-state index in [0.29, 0.717) is 23.9 Å². The first-order valence-corrected chi connectivity index (χ1v) is 10.0. The van der Waals surface area contributed by atoms with E-state index in [2.05, 4.69) is 39.8 Å². The van der Waals surface area contributed by atoms with E-state index in [0.717, 1.165) is 31.9 Å². The molecule has 1 aliphatic heterocycles. The van der Waals surface area contributed by atoms with Crippen LogP contribution in [0.3, 0.4) is 0 Å². The van der Waals surface area contributed by atoms with Crippen LogP contribution in [0.1, 0.15) is 25.1 Å². The van der Waals surface area contributed by atoms with Crippen molar-refractivity contribution in [3.8, 4) is 11.4 Å². The van der Waals surface area contributed by atoms with Crippen LogP contribution in [0.15, 0.2) is 47.8 Å². The number of hydrogen-bond donors (Lipinski definition) is 0. The Labute approximate surface area is 169 Å². The van der Waals surface area contributed by atoms with Gasteiger partial charge in [-0.05, 0) is 36.5 Å². The normalized spacial score (nSPS) is 19.7. The highest BCUT2D eigenvalue weighted by Crippen LogP contribution is 2.33. The molecule has 1 atom stereocenters. The SMILES string of the molecule is CC1(C)CN(C[C@H]2Cc3cccnc3C2)c2nc(-c3ccncn3)cc(=O)n2C1. The zero-order valence-electron chi connectivity index (χ0n) is 16.7. The first-order valence-electron chi connectivity index (χ1n) is 10.0. The first-order chi connectivity index (χ1) is 14.0. The third-order valence-electron chi connectivity index (χ3n) is 5.77. The number of aromatic nitrogens is 5. The fraction of sp³-hybridized carbons (Fsp3) is 0.409. The van der Waals surface area contributed by atoms with Crippen molar-refractivity contribution in [1.82, 2.24) is 24.5 Å². The molecule has 7 heteroatoms. The lowest BCUT2D eigenvalue weighted by atomic mass is 9.90. The minimum atomic E-state index is -0.0299. The van der Waals surface area contributed by atoms with Gasteiger partial charge in [-0.25, -0.2) is 15.0 Å². The second kappa shape index (κ2) is 6.76. The van der Waals surface area contributed by atoms with Gasteiger partial charge >= 0.3 is 0 Å². The van der Waals surface area contributed by atoms with Gasteiger partial charge in [-0.2, -0.15) is 0 Å². The molecular formula is C22H24N6O. The maximum absolute atomic E-state index is 12.9. The third kappa shape index (κ3) is 3.41. The standard InChI is InChI=1S/C22H24N6O/c1-22(2)12-27(11-15-8-16-4-3-6-24-18(16)9-15)21-26-19(10-20(29)28(21)13-22)17-5-7-23-14-25-17/h3-7,10,14-15H,8-9,11-13H2,1-2H3/t15-/m0/s1. The second-order valence-corrected chi connectivity index (χ2v) is 8.89. The van der Waals surface area contributed by atoms with Crippen LogP contribution in [0.2, 0.25) is 0 Å². The highest BCUT2D eigenvalue weighted by Gasteiger charge is 2.34. The summed E-state index contributed by atoms with van der Waals surface area (Å²) in [7, 11) is 0. The average molecular weight is 388 g/mol. The van der Waals surface area contributed by atoms with Crippen LogP contribution in [0.5, 0.6) is 0 Å². The zero-order chi connectivity index (χ0) is 20.0. The summed E-state index contributed by atoms with van der Waals surface area (Å²) in [5.41, 5.74) is 3.78. The lowest BCUT2D eigenvalue weighted by molar-refractivity contribution is 0.268. The van der Waals surface area contributed by atoms with E-state index in [1.165, 1.54) is 17.6 Å². The lowest BCUT2D eigenvalue weighted by Gasteiger charge is -2.41. The molecule has 29 heavy (non-hydrogen) atoms. The molecule has 5 rings (SSSR count). The molecule has 0 saturated heterocycles. The van der Waals surface area contributed by atoms with Crippen molar-refractivity contribution in [2.75, 3.05) is 18.0 Å². The Hall–Kier alpha value is -3.09. The van der Waals surface area contributed by atoms with Gasteiger partial charge in [0.2, 0.25) is 5.95 Å². The van der Waals surface area contributed by atoms with Crippen molar-refractivity contribution in [1.29, 1.82) is 0 Å². The Bertz CT molecular complexity index is 1080. The van der Waals surface area contributed by atoms with Gasteiger partial charge in [-0.3, -0.25) is 14.3 Å². The number of anilines is 1. The van der Waals surface area contributed by atoms with Crippen LogP contribution in [0.25, 0.3) is 11.4 Å². The average Bonchev–Trinajstić information content (AvgIpc) is 3.11. The van der Waals surface area contributed by atoms with Crippen LogP contribution in [-0.4, -0.2) is 37.6 Å². The molecule has 4 heterocycles. The van der Waals surface area contributed by atoms with Crippen molar-refractivity contribution >= 4 is 5.95 Å². The molecule has 148 valence electrons. The van der Waals surface area contributed by atoms with Gasteiger partial charge in [0.15, 0.2) is 0 Å². The summed E-state index contributed by atoms with van der Waals surface area (Å²) in [6.45, 7) is 6.81. The molecule has 0 bridgehead atoms. The molecule has 7 nitrogen and oxygen atoms in total. The highest BCUT2D eigenvalue weighted by atomic mass is 16.1. The van der Waals surface area contributed by atoms with Crippen LogP contribution in [-0.2, 0) is 19.4 Å². The van der Waals surface area contributed by atoms with Crippen molar-refractivity contribution in [3.05, 3.63) is 64.6 Å². The van der Waals surface area contributed by atoms with Gasteiger partial charge in [0.25, 0.3) is 5.56 Å². The van der Waals surface area contributed by atoms with Crippen molar-refractivity contribution in [2.24, 2.45) is 11.3 Å². The van der Waals surface area contributed by atoms with E-state index in [-0.39, 0.29) is 11.0 Å². The van der Waals surface area contributed by atoms with E-state index < -0.39 is 0 Å².